The smallest absolute Gasteiger partial charge is 0.220 e. The highest BCUT2D eigenvalue weighted by Gasteiger charge is 2.25. The third kappa shape index (κ3) is 4.07. The lowest BCUT2D eigenvalue weighted by Crippen LogP contribution is -2.11. The number of hydrogen-bond donors (Lipinski definition) is 1. The molecule has 0 saturated heterocycles. The Labute approximate surface area is 153 Å². The van der Waals surface area contributed by atoms with Gasteiger partial charge in [0.25, 0.3) is 0 Å². The number of carbonyl (C=O) groups is 1. The summed E-state index contributed by atoms with van der Waals surface area (Å²) < 4.78 is 31.1. The molecular formula is C18H24N2O5S. The van der Waals surface area contributed by atoms with Crippen molar-refractivity contribution in [3.05, 3.63) is 35.0 Å². The molecule has 0 aliphatic heterocycles. The van der Waals surface area contributed by atoms with Gasteiger partial charge in [0.1, 0.15) is 16.2 Å². The summed E-state index contributed by atoms with van der Waals surface area (Å²) in [6.45, 7) is 6.06. The van der Waals surface area contributed by atoms with Gasteiger partial charge in [0, 0.05) is 24.4 Å². The minimum Gasteiger partial charge on any atom is -0.493 e. The summed E-state index contributed by atoms with van der Waals surface area (Å²) in [6.07, 6.45) is 3.14. The molecule has 8 heteroatoms. The van der Waals surface area contributed by atoms with E-state index in [2.05, 4.69) is 5.10 Å². The van der Waals surface area contributed by atoms with Gasteiger partial charge in [-0.1, -0.05) is 13.8 Å². The van der Waals surface area contributed by atoms with E-state index >= 15 is 0 Å². The molecule has 2 aromatic rings. The van der Waals surface area contributed by atoms with Crippen molar-refractivity contribution in [2.75, 3.05) is 12.9 Å². The standard InChI is InChI=1S/C18H24N2O5S/c1-11(2)8-9-25-17-12(3)13(6-7-15(17)26(5,23)24)16(21)14-10-19-20(4)18(14)22/h6-7,10-11,22H,8-9H2,1-5H3. The maximum atomic E-state index is 12.8. The van der Waals surface area contributed by atoms with E-state index in [-0.39, 0.29) is 27.7 Å². The van der Waals surface area contributed by atoms with Crippen LogP contribution in [0.2, 0.25) is 0 Å². The predicted molar refractivity (Wildman–Crippen MR) is 97.5 cm³/mol. The van der Waals surface area contributed by atoms with Crippen molar-refractivity contribution in [3.63, 3.8) is 0 Å². The van der Waals surface area contributed by atoms with Crippen molar-refractivity contribution < 1.29 is 23.1 Å². The first kappa shape index (κ1) is 20.0. The summed E-state index contributed by atoms with van der Waals surface area (Å²) in [4.78, 5) is 12.8. The zero-order valence-electron chi connectivity index (χ0n) is 15.6. The van der Waals surface area contributed by atoms with Crippen molar-refractivity contribution in [2.24, 2.45) is 13.0 Å². The molecule has 0 aliphatic carbocycles. The van der Waals surface area contributed by atoms with Crippen LogP contribution in [0.5, 0.6) is 11.6 Å². The summed E-state index contributed by atoms with van der Waals surface area (Å²) in [7, 11) is -2.00. The topological polar surface area (TPSA) is 98.5 Å². The quantitative estimate of drug-likeness (QED) is 0.741. The number of aromatic hydroxyl groups is 1. The molecule has 1 N–H and O–H groups in total. The molecular weight excluding hydrogens is 356 g/mol. The lowest BCUT2D eigenvalue weighted by Gasteiger charge is -2.16. The maximum absolute atomic E-state index is 12.8. The molecule has 1 aromatic carbocycles. The molecule has 2 rings (SSSR count). The van der Waals surface area contributed by atoms with Crippen molar-refractivity contribution in [1.29, 1.82) is 0 Å². The number of aryl methyl sites for hydroxylation is 1. The van der Waals surface area contributed by atoms with Gasteiger partial charge in [-0.25, -0.2) is 13.1 Å². The Balaban J connectivity index is 2.52. The monoisotopic (exact) mass is 380 g/mol. The van der Waals surface area contributed by atoms with Crippen LogP contribution in [0.1, 0.15) is 41.8 Å². The molecule has 0 spiro atoms. The van der Waals surface area contributed by atoms with Gasteiger partial charge in [-0.2, -0.15) is 5.10 Å². The number of rotatable bonds is 7. The van der Waals surface area contributed by atoms with Crippen LogP contribution >= 0.6 is 0 Å². The summed E-state index contributed by atoms with van der Waals surface area (Å²) in [5.41, 5.74) is 0.737. The van der Waals surface area contributed by atoms with Crippen LogP contribution in [0.25, 0.3) is 0 Å². The Morgan fingerprint density at radius 3 is 2.46 bits per heavy atom. The Hall–Kier alpha value is -2.35. The van der Waals surface area contributed by atoms with E-state index in [4.69, 9.17) is 4.74 Å². The molecule has 0 saturated carbocycles. The summed E-state index contributed by atoms with van der Waals surface area (Å²) in [5.74, 6) is -0.109. The fourth-order valence-electron chi connectivity index (χ4n) is 2.52. The Morgan fingerprint density at radius 1 is 1.31 bits per heavy atom. The van der Waals surface area contributed by atoms with Crippen molar-refractivity contribution in [2.45, 2.75) is 32.1 Å². The first-order chi connectivity index (χ1) is 12.0. The molecule has 0 bridgehead atoms. The zero-order chi connectivity index (χ0) is 19.6. The molecule has 0 atom stereocenters. The van der Waals surface area contributed by atoms with Crippen molar-refractivity contribution in [3.8, 4) is 11.6 Å². The second-order valence-corrected chi connectivity index (χ2v) is 8.69. The molecule has 0 aliphatic rings. The van der Waals surface area contributed by atoms with Crippen LogP contribution in [0, 0.1) is 12.8 Å². The van der Waals surface area contributed by atoms with Gasteiger partial charge in [0.2, 0.25) is 5.88 Å². The third-order valence-electron chi connectivity index (χ3n) is 4.11. The number of nitrogens with zero attached hydrogens (tertiary/aromatic N) is 2. The SMILES string of the molecule is Cc1c(C(=O)c2cnn(C)c2O)ccc(S(C)(=O)=O)c1OCCC(C)C. The fraction of sp³-hybridized carbons (Fsp3) is 0.444. The lowest BCUT2D eigenvalue weighted by atomic mass is 10.00. The number of hydrogen-bond acceptors (Lipinski definition) is 6. The average molecular weight is 380 g/mol. The summed E-state index contributed by atoms with van der Waals surface area (Å²) in [6, 6.07) is 2.81. The highest BCUT2D eigenvalue weighted by molar-refractivity contribution is 7.90. The summed E-state index contributed by atoms with van der Waals surface area (Å²) >= 11 is 0. The van der Waals surface area contributed by atoms with Crippen molar-refractivity contribution >= 4 is 15.6 Å². The number of ether oxygens (including phenoxy) is 1. The largest absolute Gasteiger partial charge is 0.493 e. The minimum absolute atomic E-state index is 0.0470. The van der Waals surface area contributed by atoms with Gasteiger partial charge in [-0.05, 0) is 31.4 Å². The normalized spacial score (nSPS) is 11.8. The third-order valence-corrected chi connectivity index (χ3v) is 5.23. The number of aromatic nitrogens is 2. The van der Waals surface area contributed by atoms with Gasteiger partial charge in [0.15, 0.2) is 15.6 Å². The van der Waals surface area contributed by atoms with Crippen LogP contribution in [-0.4, -0.2) is 42.0 Å². The van der Waals surface area contributed by atoms with Crippen LogP contribution < -0.4 is 4.74 Å². The van der Waals surface area contributed by atoms with E-state index in [1.54, 1.807) is 6.92 Å². The average Bonchev–Trinajstić information content (AvgIpc) is 2.86. The van der Waals surface area contributed by atoms with Crippen LogP contribution in [-0.2, 0) is 16.9 Å². The predicted octanol–water partition coefficient (Wildman–Crippen LogP) is 2.49. The number of sulfone groups is 1. The van der Waals surface area contributed by atoms with Crippen LogP contribution in [0.4, 0.5) is 0 Å². The molecule has 0 radical (unpaired) electrons. The van der Waals surface area contributed by atoms with E-state index in [9.17, 15) is 18.3 Å². The number of benzene rings is 1. The molecule has 142 valence electrons. The highest BCUT2D eigenvalue weighted by atomic mass is 32.2. The van der Waals surface area contributed by atoms with E-state index < -0.39 is 15.6 Å². The second kappa shape index (κ2) is 7.49. The van der Waals surface area contributed by atoms with E-state index in [1.165, 1.54) is 30.1 Å². The number of ketones is 1. The highest BCUT2D eigenvalue weighted by Crippen LogP contribution is 2.33. The molecule has 0 fully saturated rings. The van der Waals surface area contributed by atoms with Gasteiger partial charge in [-0.3, -0.25) is 4.79 Å². The Kier molecular flexibility index (Phi) is 5.75. The van der Waals surface area contributed by atoms with Crippen molar-refractivity contribution in [1.82, 2.24) is 9.78 Å². The second-order valence-electron chi connectivity index (χ2n) is 6.70. The molecule has 0 unspecified atom stereocenters. The molecule has 1 aromatic heterocycles. The lowest BCUT2D eigenvalue weighted by molar-refractivity contribution is 0.103. The minimum atomic E-state index is -3.52. The first-order valence-electron chi connectivity index (χ1n) is 8.26. The molecule has 7 nitrogen and oxygen atoms in total. The molecule has 26 heavy (non-hydrogen) atoms. The van der Waals surface area contributed by atoms with Gasteiger partial charge in [-0.15, -0.1) is 0 Å². The van der Waals surface area contributed by atoms with Crippen LogP contribution in [0.3, 0.4) is 0 Å². The van der Waals surface area contributed by atoms with Crippen LogP contribution in [0.15, 0.2) is 23.2 Å². The fourth-order valence-corrected chi connectivity index (χ4v) is 3.38. The maximum Gasteiger partial charge on any atom is 0.220 e. The molecule has 0 amide bonds. The zero-order valence-corrected chi connectivity index (χ0v) is 16.4. The molecule has 1 heterocycles. The number of carbonyl (C=O) groups excluding carboxylic acids is 1. The van der Waals surface area contributed by atoms with E-state index in [0.717, 1.165) is 12.7 Å². The van der Waals surface area contributed by atoms with E-state index in [0.29, 0.717) is 18.1 Å². The summed E-state index contributed by atoms with van der Waals surface area (Å²) in [5, 5.41) is 13.8. The Morgan fingerprint density at radius 2 is 1.96 bits per heavy atom. The van der Waals surface area contributed by atoms with Gasteiger partial charge in [0.05, 0.1) is 12.8 Å². The van der Waals surface area contributed by atoms with E-state index in [1.807, 2.05) is 13.8 Å². The van der Waals surface area contributed by atoms with Gasteiger partial charge >= 0.3 is 0 Å². The first-order valence-corrected chi connectivity index (χ1v) is 10.1. The van der Waals surface area contributed by atoms with Gasteiger partial charge < -0.3 is 9.84 Å². The Bertz CT molecular complexity index is 929.